The molecule has 0 saturated carbocycles. The van der Waals surface area contributed by atoms with Crippen molar-refractivity contribution in [2.75, 3.05) is 18.0 Å². The molecule has 3 aromatic rings. The first kappa shape index (κ1) is 20.5. The van der Waals surface area contributed by atoms with Crippen molar-refractivity contribution >= 4 is 5.69 Å². The quantitative estimate of drug-likeness (QED) is 0.574. The summed E-state index contributed by atoms with van der Waals surface area (Å²) in [7, 11) is 0. The number of aromatic hydroxyl groups is 1. The summed E-state index contributed by atoms with van der Waals surface area (Å²) in [5.74, 6) is 0.890. The number of hydrogen-bond donors (Lipinski definition) is 2. The lowest BCUT2D eigenvalue weighted by atomic mass is 9.79. The van der Waals surface area contributed by atoms with E-state index >= 15 is 0 Å². The van der Waals surface area contributed by atoms with E-state index in [1.165, 1.54) is 33.5 Å². The summed E-state index contributed by atoms with van der Waals surface area (Å²) < 4.78 is 0. The maximum Gasteiger partial charge on any atom is 0.115 e. The molecule has 3 N–H and O–H groups in total. The second-order valence-electron chi connectivity index (χ2n) is 8.32. The van der Waals surface area contributed by atoms with Crippen molar-refractivity contribution in [1.82, 2.24) is 0 Å². The molecule has 0 saturated heterocycles. The molecule has 30 heavy (non-hydrogen) atoms. The van der Waals surface area contributed by atoms with Crippen molar-refractivity contribution in [1.29, 1.82) is 0 Å². The summed E-state index contributed by atoms with van der Waals surface area (Å²) in [5.41, 5.74) is 13.8. The number of para-hydroxylation sites is 1. The highest BCUT2D eigenvalue weighted by Gasteiger charge is 2.23. The summed E-state index contributed by atoms with van der Waals surface area (Å²) in [6.45, 7) is 4.81. The number of fused-ring (bicyclic) bond motifs is 1. The Morgan fingerprint density at radius 2 is 1.73 bits per heavy atom. The molecule has 0 aromatic heterocycles. The molecule has 0 spiro atoms. The van der Waals surface area contributed by atoms with Gasteiger partial charge in [-0.05, 0) is 91.1 Å². The molecule has 3 heteroatoms. The lowest BCUT2D eigenvalue weighted by Crippen LogP contribution is -2.25. The molecule has 3 aromatic carbocycles. The normalized spacial score (nSPS) is 15.6. The van der Waals surface area contributed by atoms with Crippen LogP contribution in [0, 0.1) is 0 Å². The molecule has 4 rings (SSSR count). The van der Waals surface area contributed by atoms with Crippen LogP contribution in [0.1, 0.15) is 47.1 Å². The third-order valence-electron chi connectivity index (χ3n) is 6.35. The molecule has 1 atom stereocenters. The average molecular weight is 401 g/mol. The minimum atomic E-state index is 0.377. The Morgan fingerprint density at radius 1 is 0.967 bits per heavy atom. The molecule has 1 aliphatic carbocycles. The van der Waals surface area contributed by atoms with Gasteiger partial charge in [-0.2, -0.15) is 0 Å². The number of aryl methyl sites for hydroxylation is 1. The predicted molar refractivity (Wildman–Crippen MR) is 125 cm³/mol. The summed E-state index contributed by atoms with van der Waals surface area (Å²) in [4.78, 5) is 2.49. The molecular weight excluding hydrogens is 368 g/mol. The molecule has 0 fully saturated rings. The zero-order chi connectivity index (χ0) is 20.9. The van der Waals surface area contributed by atoms with E-state index in [1.807, 2.05) is 12.1 Å². The minimum Gasteiger partial charge on any atom is -0.508 e. The first-order valence-corrected chi connectivity index (χ1v) is 11.1. The van der Waals surface area contributed by atoms with Crippen molar-refractivity contribution in [2.24, 2.45) is 5.73 Å². The summed E-state index contributed by atoms with van der Waals surface area (Å²) in [6.07, 6.45) is 4.12. The number of rotatable bonds is 7. The van der Waals surface area contributed by atoms with Crippen LogP contribution in [0.3, 0.4) is 0 Å². The Balaban J connectivity index is 1.56. The van der Waals surface area contributed by atoms with E-state index in [1.54, 1.807) is 0 Å². The van der Waals surface area contributed by atoms with E-state index in [4.69, 9.17) is 5.73 Å². The smallest absolute Gasteiger partial charge is 0.115 e. The van der Waals surface area contributed by atoms with Crippen molar-refractivity contribution in [3.05, 3.63) is 94.5 Å². The number of hydrogen-bond acceptors (Lipinski definition) is 3. The molecule has 0 radical (unpaired) electrons. The maximum absolute atomic E-state index is 9.79. The Labute approximate surface area is 180 Å². The number of phenols is 1. The lowest BCUT2D eigenvalue weighted by Gasteiger charge is -2.31. The van der Waals surface area contributed by atoms with Gasteiger partial charge in [-0.25, -0.2) is 0 Å². The van der Waals surface area contributed by atoms with Gasteiger partial charge in [0.15, 0.2) is 0 Å². The van der Waals surface area contributed by atoms with Crippen LogP contribution in [0.15, 0.2) is 66.7 Å². The highest BCUT2D eigenvalue weighted by Crippen LogP contribution is 2.38. The third kappa shape index (κ3) is 4.52. The van der Waals surface area contributed by atoms with Gasteiger partial charge < -0.3 is 15.7 Å². The highest BCUT2D eigenvalue weighted by atomic mass is 16.3. The van der Waals surface area contributed by atoms with E-state index in [-0.39, 0.29) is 0 Å². The van der Waals surface area contributed by atoms with Crippen LogP contribution in [0.5, 0.6) is 5.75 Å². The zero-order valence-corrected chi connectivity index (χ0v) is 17.8. The number of benzene rings is 3. The largest absolute Gasteiger partial charge is 0.508 e. The van der Waals surface area contributed by atoms with E-state index < -0.39 is 0 Å². The maximum atomic E-state index is 9.79. The van der Waals surface area contributed by atoms with Gasteiger partial charge in [0.1, 0.15) is 5.75 Å². The number of nitrogens with zero attached hydrogens (tertiary/aromatic N) is 1. The highest BCUT2D eigenvalue weighted by molar-refractivity contribution is 5.56. The zero-order valence-electron chi connectivity index (χ0n) is 17.8. The van der Waals surface area contributed by atoms with Crippen LogP contribution < -0.4 is 10.6 Å². The number of anilines is 1. The Hall–Kier alpha value is -2.78. The molecule has 156 valence electrons. The fourth-order valence-corrected chi connectivity index (χ4v) is 4.69. The monoisotopic (exact) mass is 400 g/mol. The number of nitrogens with two attached hydrogens (primary N) is 1. The fourth-order valence-electron chi connectivity index (χ4n) is 4.69. The van der Waals surface area contributed by atoms with Gasteiger partial charge in [-0.3, -0.25) is 0 Å². The minimum absolute atomic E-state index is 0.377. The summed E-state index contributed by atoms with van der Waals surface area (Å²) in [6, 6.07) is 23.6. The van der Waals surface area contributed by atoms with Gasteiger partial charge in [0, 0.05) is 18.8 Å². The molecular formula is C27H32N2O. The van der Waals surface area contributed by atoms with Gasteiger partial charge in [0.25, 0.3) is 0 Å². The fraction of sp³-hybridized carbons (Fsp3) is 0.333. The van der Waals surface area contributed by atoms with Crippen LogP contribution in [0.25, 0.3) is 0 Å². The van der Waals surface area contributed by atoms with Crippen LogP contribution in [-0.4, -0.2) is 18.2 Å². The van der Waals surface area contributed by atoms with Crippen molar-refractivity contribution in [2.45, 2.75) is 45.1 Å². The standard InChI is InChI=1S/C27H32N2O/c1-2-29(19-21-9-7-20(8-10-21)15-16-28)27-6-4-3-5-26(27)24-12-11-23-18-25(30)14-13-22(23)17-24/h3-10,13-14,18,24,30H,2,11-12,15-17,19,28H2,1H3/t24-/m1/s1. The molecule has 1 aliphatic rings. The van der Waals surface area contributed by atoms with Crippen LogP contribution in [-0.2, 0) is 25.8 Å². The van der Waals surface area contributed by atoms with Crippen molar-refractivity contribution < 1.29 is 5.11 Å². The van der Waals surface area contributed by atoms with Crippen LogP contribution in [0.4, 0.5) is 5.69 Å². The van der Waals surface area contributed by atoms with E-state index in [2.05, 4.69) is 66.4 Å². The second kappa shape index (κ2) is 9.36. The van der Waals surface area contributed by atoms with E-state index in [9.17, 15) is 5.11 Å². The Bertz CT molecular complexity index is 980. The van der Waals surface area contributed by atoms with Crippen molar-refractivity contribution in [3.8, 4) is 5.75 Å². The first-order valence-electron chi connectivity index (χ1n) is 11.1. The second-order valence-corrected chi connectivity index (χ2v) is 8.32. The predicted octanol–water partition coefficient (Wildman–Crippen LogP) is 5.19. The van der Waals surface area contributed by atoms with Gasteiger partial charge in [0.2, 0.25) is 0 Å². The van der Waals surface area contributed by atoms with Gasteiger partial charge in [0.05, 0.1) is 0 Å². The van der Waals surface area contributed by atoms with Gasteiger partial charge in [-0.1, -0.05) is 48.5 Å². The van der Waals surface area contributed by atoms with E-state index in [0.29, 0.717) is 18.2 Å². The Kier molecular flexibility index (Phi) is 6.39. The van der Waals surface area contributed by atoms with Gasteiger partial charge >= 0.3 is 0 Å². The topological polar surface area (TPSA) is 49.5 Å². The molecule has 0 unspecified atom stereocenters. The lowest BCUT2D eigenvalue weighted by molar-refractivity contribution is 0.472. The Morgan fingerprint density at radius 3 is 2.50 bits per heavy atom. The van der Waals surface area contributed by atoms with Crippen LogP contribution >= 0.6 is 0 Å². The molecule has 0 amide bonds. The molecule has 0 bridgehead atoms. The summed E-state index contributed by atoms with van der Waals surface area (Å²) >= 11 is 0. The summed E-state index contributed by atoms with van der Waals surface area (Å²) in [5, 5.41) is 9.79. The average Bonchev–Trinajstić information content (AvgIpc) is 2.78. The van der Waals surface area contributed by atoms with Gasteiger partial charge in [-0.15, -0.1) is 0 Å². The van der Waals surface area contributed by atoms with Crippen LogP contribution in [0.2, 0.25) is 0 Å². The third-order valence-corrected chi connectivity index (χ3v) is 6.35. The molecule has 0 aliphatic heterocycles. The van der Waals surface area contributed by atoms with E-state index in [0.717, 1.165) is 38.8 Å². The first-order chi connectivity index (χ1) is 14.7. The molecule has 3 nitrogen and oxygen atoms in total. The molecule has 0 heterocycles. The van der Waals surface area contributed by atoms with Crippen molar-refractivity contribution in [3.63, 3.8) is 0 Å². The SMILES string of the molecule is CCN(Cc1ccc(CCN)cc1)c1ccccc1[C@@H]1CCc2cc(O)ccc2C1. The number of phenolic OH excluding ortho intramolecular Hbond substituents is 1.